The van der Waals surface area contributed by atoms with Gasteiger partial charge in [-0.3, -0.25) is 9.78 Å². The van der Waals surface area contributed by atoms with E-state index in [4.69, 9.17) is 9.15 Å². The number of ether oxygens (including phenoxy) is 1. The second-order valence-electron chi connectivity index (χ2n) is 6.14. The molecule has 0 aliphatic carbocycles. The summed E-state index contributed by atoms with van der Waals surface area (Å²) < 4.78 is 10.8. The Morgan fingerprint density at radius 1 is 1.30 bits per heavy atom. The molecular formula is C19H21BN2O5. The zero-order chi connectivity index (χ0) is 19.2. The zero-order valence-electron chi connectivity index (χ0n) is 15.0. The lowest BCUT2D eigenvalue weighted by Crippen LogP contribution is -2.48. The normalized spacial score (nSPS) is 12.0. The van der Waals surface area contributed by atoms with E-state index in [1.54, 1.807) is 24.6 Å². The maximum absolute atomic E-state index is 12.3. The van der Waals surface area contributed by atoms with E-state index in [0.717, 1.165) is 10.9 Å². The van der Waals surface area contributed by atoms with E-state index >= 15 is 0 Å². The maximum atomic E-state index is 12.3. The van der Waals surface area contributed by atoms with Crippen LogP contribution in [0.2, 0.25) is 0 Å². The Kier molecular flexibility index (Phi) is 6.10. The molecule has 0 radical (unpaired) electrons. The molecule has 0 aliphatic rings. The SMILES string of the molecule is CCOc1ccc(CC(=O)N[C@@H](Cc2coc3ccccc23)B(O)O)nc1. The highest BCUT2D eigenvalue weighted by molar-refractivity contribution is 6.43. The van der Waals surface area contributed by atoms with Crippen molar-refractivity contribution in [2.45, 2.75) is 25.7 Å². The molecule has 2 heterocycles. The average Bonchev–Trinajstić information content (AvgIpc) is 3.06. The Hall–Kier alpha value is -2.84. The molecule has 1 aromatic carbocycles. The Bertz CT molecular complexity index is 895. The molecule has 0 fully saturated rings. The molecule has 27 heavy (non-hydrogen) atoms. The van der Waals surface area contributed by atoms with E-state index in [2.05, 4.69) is 10.3 Å². The monoisotopic (exact) mass is 368 g/mol. The fourth-order valence-corrected chi connectivity index (χ4v) is 2.85. The lowest BCUT2D eigenvalue weighted by Gasteiger charge is -2.17. The number of carbonyl (C=O) groups is 1. The molecule has 1 amide bonds. The molecule has 0 spiro atoms. The number of nitrogens with one attached hydrogen (secondary N) is 1. The van der Waals surface area contributed by atoms with Crippen LogP contribution in [0.4, 0.5) is 0 Å². The molecular weight excluding hydrogens is 347 g/mol. The Morgan fingerprint density at radius 3 is 2.81 bits per heavy atom. The number of hydrogen-bond donors (Lipinski definition) is 3. The predicted molar refractivity (Wildman–Crippen MR) is 101 cm³/mol. The van der Waals surface area contributed by atoms with Gasteiger partial charge in [-0.25, -0.2) is 0 Å². The number of aromatic nitrogens is 1. The highest BCUT2D eigenvalue weighted by Gasteiger charge is 2.27. The minimum absolute atomic E-state index is 0.0295. The van der Waals surface area contributed by atoms with Crippen molar-refractivity contribution < 1.29 is 24.0 Å². The Labute approximate surface area is 157 Å². The third-order valence-electron chi connectivity index (χ3n) is 4.16. The third-order valence-corrected chi connectivity index (χ3v) is 4.16. The molecule has 0 saturated carbocycles. The Balaban J connectivity index is 1.64. The van der Waals surface area contributed by atoms with Crippen LogP contribution in [0.3, 0.4) is 0 Å². The number of rotatable bonds is 8. The smallest absolute Gasteiger partial charge is 0.475 e. The van der Waals surface area contributed by atoms with Crippen molar-refractivity contribution >= 4 is 24.0 Å². The summed E-state index contributed by atoms with van der Waals surface area (Å²) in [7, 11) is -1.70. The van der Waals surface area contributed by atoms with Crippen LogP contribution in [0.1, 0.15) is 18.2 Å². The molecule has 8 heteroatoms. The third kappa shape index (κ3) is 4.87. The molecule has 3 aromatic rings. The molecule has 7 nitrogen and oxygen atoms in total. The number of benzene rings is 1. The van der Waals surface area contributed by atoms with Crippen molar-refractivity contribution in [3.63, 3.8) is 0 Å². The number of nitrogens with zero attached hydrogens (tertiary/aromatic N) is 1. The van der Waals surface area contributed by atoms with Crippen molar-refractivity contribution in [3.8, 4) is 5.75 Å². The first kappa shape index (κ1) is 18.9. The summed E-state index contributed by atoms with van der Waals surface area (Å²) in [4.78, 5) is 16.5. The van der Waals surface area contributed by atoms with Gasteiger partial charge in [-0.2, -0.15) is 0 Å². The number of amides is 1. The highest BCUT2D eigenvalue weighted by Crippen LogP contribution is 2.22. The molecule has 0 saturated heterocycles. The quantitative estimate of drug-likeness (QED) is 0.521. The van der Waals surface area contributed by atoms with Crippen LogP contribution in [0.5, 0.6) is 5.75 Å². The van der Waals surface area contributed by atoms with Crippen molar-refractivity contribution in [1.29, 1.82) is 0 Å². The fraction of sp³-hybridized carbons (Fsp3) is 0.263. The largest absolute Gasteiger partial charge is 0.492 e. The molecule has 0 aliphatic heterocycles. The molecule has 0 bridgehead atoms. The second kappa shape index (κ2) is 8.70. The molecule has 140 valence electrons. The van der Waals surface area contributed by atoms with Crippen LogP contribution in [-0.4, -0.2) is 40.6 Å². The summed E-state index contributed by atoms with van der Waals surface area (Å²) in [6, 6.07) is 10.9. The number of para-hydroxylation sites is 1. The summed E-state index contributed by atoms with van der Waals surface area (Å²) in [6.45, 7) is 2.42. The maximum Gasteiger partial charge on any atom is 0.475 e. The van der Waals surface area contributed by atoms with Gasteiger partial charge in [-0.15, -0.1) is 0 Å². The number of furan rings is 1. The summed E-state index contributed by atoms with van der Waals surface area (Å²) in [5.41, 5.74) is 2.07. The molecule has 2 aromatic heterocycles. The molecule has 1 atom stereocenters. The van der Waals surface area contributed by atoms with E-state index in [1.165, 1.54) is 0 Å². The van der Waals surface area contributed by atoms with Crippen LogP contribution < -0.4 is 10.1 Å². The van der Waals surface area contributed by atoms with Gasteiger partial charge in [0.1, 0.15) is 11.3 Å². The average molecular weight is 368 g/mol. The lowest BCUT2D eigenvalue weighted by molar-refractivity contribution is -0.120. The highest BCUT2D eigenvalue weighted by atomic mass is 16.5. The van der Waals surface area contributed by atoms with Gasteiger partial charge in [0.2, 0.25) is 5.91 Å². The minimum atomic E-state index is -1.70. The van der Waals surface area contributed by atoms with Gasteiger partial charge in [0.05, 0.1) is 31.4 Å². The van der Waals surface area contributed by atoms with Crippen molar-refractivity contribution in [1.82, 2.24) is 10.3 Å². The van der Waals surface area contributed by atoms with E-state index < -0.39 is 13.1 Å². The van der Waals surface area contributed by atoms with Crippen LogP contribution in [-0.2, 0) is 17.6 Å². The van der Waals surface area contributed by atoms with Crippen LogP contribution in [0, 0.1) is 0 Å². The summed E-state index contributed by atoms with van der Waals surface area (Å²) in [5, 5.41) is 22.9. The summed E-state index contributed by atoms with van der Waals surface area (Å²) in [6.07, 6.45) is 3.39. The van der Waals surface area contributed by atoms with Crippen LogP contribution in [0.25, 0.3) is 11.0 Å². The predicted octanol–water partition coefficient (Wildman–Crippen LogP) is 1.51. The molecule has 0 unspecified atom stereocenters. The van der Waals surface area contributed by atoms with E-state index in [9.17, 15) is 14.8 Å². The number of pyridine rings is 1. The van der Waals surface area contributed by atoms with Crippen molar-refractivity contribution in [2.24, 2.45) is 0 Å². The number of carbonyl (C=O) groups excluding carboxylic acids is 1. The summed E-state index contributed by atoms with van der Waals surface area (Å²) >= 11 is 0. The van der Waals surface area contributed by atoms with Gasteiger partial charge in [-0.1, -0.05) is 18.2 Å². The zero-order valence-corrected chi connectivity index (χ0v) is 15.0. The van der Waals surface area contributed by atoms with Crippen molar-refractivity contribution in [2.75, 3.05) is 6.61 Å². The van der Waals surface area contributed by atoms with Gasteiger partial charge >= 0.3 is 7.12 Å². The minimum Gasteiger partial charge on any atom is -0.492 e. The van der Waals surface area contributed by atoms with Gasteiger partial charge < -0.3 is 24.5 Å². The van der Waals surface area contributed by atoms with Gasteiger partial charge in [0.25, 0.3) is 0 Å². The van der Waals surface area contributed by atoms with Gasteiger partial charge in [0.15, 0.2) is 0 Å². The van der Waals surface area contributed by atoms with Crippen LogP contribution >= 0.6 is 0 Å². The first-order valence-electron chi connectivity index (χ1n) is 8.75. The van der Waals surface area contributed by atoms with Crippen LogP contribution in [0.15, 0.2) is 53.3 Å². The fourth-order valence-electron chi connectivity index (χ4n) is 2.85. The first-order chi connectivity index (χ1) is 13.1. The molecule has 3 N–H and O–H groups in total. The second-order valence-corrected chi connectivity index (χ2v) is 6.14. The standard InChI is InChI=1S/C19H21BN2O5/c1-2-26-15-8-7-14(21-11-15)10-19(23)22-18(20(24)25)9-13-12-27-17-6-4-3-5-16(13)17/h3-8,11-12,18,24-25H,2,9-10H2,1H3,(H,22,23)/t18-/m0/s1. The topological polar surface area (TPSA) is 105 Å². The van der Waals surface area contributed by atoms with Gasteiger partial charge in [-0.05, 0) is 37.1 Å². The number of hydrogen-bond acceptors (Lipinski definition) is 6. The lowest BCUT2D eigenvalue weighted by atomic mass is 9.76. The summed E-state index contributed by atoms with van der Waals surface area (Å²) in [5.74, 6) is -0.573. The van der Waals surface area contributed by atoms with Crippen molar-refractivity contribution in [3.05, 3.63) is 60.1 Å². The number of fused-ring (bicyclic) bond motifs is 1. The van der Waals surface area contributed by atoms with E-state index in [-0.39, 0.29) is 18.7 Å². The van der Waals surface area contributed by atoms with E-state index in [1.807, 2.05) is 31.2 Å². The Morgan fingerprint density at radius 2 is 2.11 bits per heavy atom. The molecule has 3 rings (SSSR count). The van der Waals surface area contributed by atoms with Gasteiger partial charge in [0, 0.05) is 11.1 Å². The first-order valence-corrected chi connectivity index (χ1v) is 8.75. The van der Waals surface area contributed by atoms with E-state index in [0.29, 0.717) is 23.6 Å².